The number of nitrogens with two attached hydrogens (primary N) is 1. The van der Waals surface area contributed by atoms with E-state index in [1.165, 1.54) is 13.2 Å². The van der Waals surface area contributed by atoms with Gasteiger partial charge in [0.15, 0.2) is 0 Å². The summed E-state index contributed by atoms with van der Waals surface area (Å²) in [7, 11) is -1.98. The van der Waals surface area contributed by atoms with Gasteiger partial charge in [0.1, 0.15) is 5.75 Å². The third-order valence-corrected chi connectivity index (χ3v) is 3.97. The summed E-state index contributed by atoms with van der Waals surface area (Å²) in [5.74, 6) is 0.595. The van der Waals surface area contributed by atoms with Crippen molar-refractivity contribution in [1.29, 1.82) is 0 Å². The normalized spacial score (nSPS) is 12.5. The van der Waals surface area contributed by atoms with Crippen molar-refractivity contribution in [3.8, 4) is 5.75 Å². The van der Waals surface area contributed by atoms with E-state index in [9.17, 15) is 8.42 Å². The molecule has 0 aromatic heterocycles. The zero-order chi connectivity index (χ0) is 14.7. The summed E-state index contributed by atoms with van der Waals surface area (Å²) in [4.78, 5) is 0.206. The molecule has 5 nitrogen and oxygen atoms in total. The molecule has 0 amide bonds. The second-order valence-electron chi connectivity index (χ2n) is 5.56. The maximum atomic E-state index is 12.2. The average Bonchev–Trinajstić information content (AvgIpc) is 2.35. The van der Waals surface area contributed by atoms with Crippen LogP contribution in [0.15, 0.2) is 23.1 Å². The largest absolute Gasteiger partial charge is 0.496 e. The predicted octanol–water partition coefficient (Wildman–Crippen LogP) is 1.48. The molecule has 0 radical (unpaired) electrons. The van der Waals surface area contributed by atoms with Gasteiger partial charge in [-0.05, 0) is 23.6 Å². The Morgan fingerprint density at radius 2 is 1.95 bits per heavy atom. The van der Waals surface area contributed by atoms with Crippen molar-refractivity contribution in [2.75, 3.05) is 13.7 Å². The number of benzene rings is 1. The van der Waals surface area contributed by atoms with Gasteiger partial charge >= 0.3 is 0 Å². The van der Waals surface area contributed by atoms with Crippen LogP contribution in [-0.4, -0.2) is 22.1 Å². The number of nitrogens with one attached hydrogen (secondary N) is 1. The number of hydrogen-bond donors (Lipinski definition) is 2. The Labute approximate surface area is 115 Å². The van der Waals surface area contributed by atoms with Crippen LogP contribution >= 0.6 is 0 Å². The summed E-state index contributed by atoms with van der Waals surface area (Å²) in [5.41, 5.74) is 6.14. The Morgan fingerprint density at radius 1 is 1.32 bits per heavy atom. The Hall–Kier alpha value is -1.11. The highest BCUT2D eigenvalue weighted by molar-refractivity contribution is 7.89. The third-order valence-electron chi connectivity index (χ3n) is 2.57. The highest BCUT2D eigenvalue weighted by Gasteiger charge is 2.19. The Bertz CT molecular complexity index is 533. The summed E-state index contributed by atoms with van der Waals surface area (Å²) >= 11 is 0. The molecule has 0 spiro atoms. The van der Waals surface area contributed by atoms with Gasteiger partial charge in [-0.3, -0.25) is 0 Å². The molecule has 0 unspecified atom stereocenters. The molecule has 108 valence electrons. The van der Waals surface area contributed by atoms with Crippen LogP contribution in [0.1, 0.15) is 26.3 Å². The lowest BCUT2D eigenvalue weighted by Crippen LogP contribution is -2.32. The molecule has 0 saturated carbocycles. The van der Waals surface area contributed by atoms with Gasteiger partial charge in [-0.15, -0.1) is 0 Å². The zero-order valence-electron chi connectivity index (χ0n) is 11.9. The van der Waals surface area contributed by atoms with E-state index in [0.717, 1.165) is 0 Å². The van der Waals surface area contributed by atoms with E-state index in [2.05, 4.69) is 4.72 Å². The molecule has 0 heterocycles. The molecule has 6 heteroatoms. The summed E-state index contributed by atoms with van der Waals surface area (Å²) in [6, 6.07) is 4.68. The molecule has 0 bridgehead atoms. The fourth-order valence-corrected chi connectivity index (χ4v) is 2.81. The summed E-state index contributed by atoms with van der Waals surface area (Å²) in [5, 5.41) is 0. The number of rotatable bonds is 5. The van der Waals surface area contributed by atoms with E-state index in [0.29, 0.717) is 17.9 Å². The summed E-state index contributed by atoms with van der Waals surface area (Å²) < 4.78 is 32.0. The minimum Gasteiger partial charge on any atom is -0.496 e. The molecule has 1 aromatic carbocycles. The molecular formula is C13H22N2O3S. The highest BCUT2D eigenvalue weighted by atomic mass is 32.2. The maximum Gasteiger partial charge on any atom is 0.240 e. The molecule has 0 aliphatic rings. The van der Waals surface area contributed by atoms with Crippen molar-refractivity contribution >= 4 is 10.0 Å². The first-order chi connectivity index (χ1) is 8.69. The quantitative estimate of drug-likeness (QED) is 0.859. The van der Waals surface area contributed by atoms with E-state index in [-0.39, 0.29) is 16.9 Å². The lowest BCUT2D eigenvalue weighted by atomic mass is 9.98. The van der Waals surface area contributed by atoms with Crippen LogP contribution in [-0.2, 0) is 16.6 Å². The molecule has 3 N–H and O–H groups in total. The zero-order valence-corrected chi connectivity index (χ0v) is 12.7. The molecule has 1 aromatic rings. The minimum absolute atomic E-state index is 0.115. The first-order valence-corrected chi connectivity index (χ1v) is 7.54. The van der Waals surface area contributed by atoms with Gasteiger partial charge in [0, 0.05) is 18.7 Å². The van der Waals surface area contributed by atoms with Gasteiger partial charge < -0.3 is 10.5 Å². The van der Waals surface area contributed by atoms with Crippen molar-refractivity contribution in [3.05, 3.63) is 23.8 Å². The summed E-state index contributed by atoms with van der Waals surface area (Å²) in [6.07, 6.45) is 0. The molecule has 19 heavy (non-hydrogen) atoms. The third kappa shape index (κ3) is 4.49. The topological polar surface area (TPSA) is 81.4 Å². The van der Waals surface area contributed by atoms with Crippen LogP contribution in [0.2, 0.25) is 0 Å². The van der Waals surface area contributed by atoms with E-state index < -0.39 is 10.0 Å². The van der Waals surface area contributed by atoms with E-state index >= 15 is 0 Å². The van der Waals surface area contributed by atoms with Crippen molar-refractivity contribution in [1.82, 2.24) is 4.72 Å². The molecular weight excluding hydrogens is 264 g/mol. The Kier molecular flexibility index (Phi) is 4.95. The van der Waals surface area contributed by atoms with Crippen LogP contribution in [0.25, 0.3) is 0 Å². The van der Waals surface area contributed by atoms with Crippen molar-refractivity contribution in [2.24, 2.45) is 11.1 Å². The SMILES string of the molecule is COc1ccc(S(=O)(=O)NCC(C)(C)C)cc1CN. The molecule has 0 atom stereocenters. The molecule has 0 saturated heterocycles. The number of hydrogen-bond acceptors (Lipinski definition) is 4. The second kappa shape index (κ2) is 5.90. The maximum absolute atomic E-state index is 12.2. The molecule has 1 rings (SSSR count). The Balaban J connectivity index is 3.02. The van der Waals surface area contributed by atoms with Gasteiger partial charge in [0.2, 0.25) is 10.0 Å². The monoisotopic (exact) mass is 286 g/mol. The van der Waals surface area contributed by atoms with Crippen LogP contribution in [0, 0.1) is 5.41 Å². The minimum atomic E-state index is -3.51. The van der Waals surface area contributed by atoms with Crippen molar-refractivity contribution in [2.45, 2.75) is 32.2 Å². The van der Waals surface area contributed by atoms with Crippen LogP contribution in [0.5, 0.6) is 5.75 Å². The standard InChI is InChI=1S/C13H22N2O3S/c1-13(2,3)9-15-19(16,17)11-5-6-12(18-4)10(7-11)8-14/h5-7,15H,8-9,14H2,1-4H3. The van der Waals surface area contributed by atoms with Crippen molar-refractivity contribution in [3.63, 3.8) is 0 Å². The van der Waals surface area contributed by atoms with Gasteiger partial charge in [-0.25, -0.2) is 13.1 Å². The number of sulfonamides is 1. The summed E-state index contributed by atoms with van der Waals surface area (Å²) in [6.45, 7) is 6.50. The average molecular weight is 286 g/mol. The first kappa shape index (κ1) is 15.9. The number of ether oxygens (including phenoxy) is 1. The second-order valence-corrected chi connectivity index (χ2v) is 7.33. The Morgan fingerprint density at radius 3 is 2.42 bits per heavy atom. The molecule has 0 fully saturated rings. The lowest BCUT2D eigenvalue weighted by Gasteiger charge is -2.19. The smallest absolute Gasteiger partial charge is 0.240 e. The van der Waals surface area contributed by atoms with Gasteiger partial charge in [-0.1, -0.05) is 20.8 Å². The first-order valence-electron chi connectivity index (χ1n) is 6.06. The van der Waals surface area contributed by atoms with Crippen LogP contribution < -0.4 is 15.2 Å². The van der Waals surface area contributed by atoms with Gasteiger partial charge in [-0.2, -0.15) is 0 Å². The molecule has 0 aliphatic heterocycles. The predicted molar refractivity (Wildman–Crippen MR) is 75.5 cm³/mol. The van der Waals surface area contributed by atoms with Gasteiger partial charge in [0.25, 0.3) is 0 Å². The highest BCUT2D eigenvalue weighted by Crippen LogP contribution is 2.22. The van der Waals surface area contributed by atoms with Crippen LogP contribution in [0.3, 0.4) is 0 Å². The van der Waals surface area contributed by atoms with Gasteiger partial charge in [0.05, 0.1) is 12.0 Å². The lowest BCUT2D eigenvalue weighted by molar-refractivity contribution is 0.406. The van der Waals surface area contributed by atoms with Crippen molar-refractivity contribution < 1.29 is 13.2 Å². The molecule has 0 aliphatic carbocycles. The van der Waals surface area contributed by atoms with E-state index in [4.69, 9.17) is 10.5 Å². The fourth-order valence-electron chi connectivity index (χ4n) is 1.48. The van der Waals surface area contributed by atoms with E-state index in [1.54, 1.807) is 12.1 Å². The fraction of sp³-hybridized carbons (Fsp3) is 0.538. The number of methoxy groups -OCH3 is 1. The van der Waals surface area contributed by atoms with E-state index in [1.807, 2.05) is 20.8 Å². The van der Waals surface area contributed by atoms with Crippen LogP contribution in [0.4, 0.5) is 0 Å².